The molecular formula is C20H20ClNO3. The van der Waals surface area contributed by atoms with Crippen LogP contribution in [0, 0.1) is 13.8 Å². The largest absolute Gasteiger partial charge is 0.451 e. The number of ether oxygens (including phenoxy) is 1. The Balaban J connectivity index is 1.77. The first-order valence-corrected chi connectivity index (χ1v) is 8.75. The fourth-order valence-corrected chi connectivity index (χ4v) is 3.63. The highest BCUT2D eigenvalue weighted by molar-refractivity contribution is 6.32. The van der Waals surface area contributed by atoms with Crippen molar-refractivity contribution in [1.29, 1.82) is 0 Å². The zero-order valence-corrected chi connectivity index (χ0v) is 15.3. The fraction of sp³-hybridized carbons (Fsp3) is 0.350. The topological polar surface area (TPSA) is 56.3 Å². The van der Waals surface area contributed by atoms with Crippen molar-refractivity contribution in [3.05, 3.63) is 62.9 Å². The van der Waals surface area contributed by atoms with Crippen molar-refractivity contribution in [3.8, 4) is 0 Å². The van der Waals surface area contributed by atoms with Crippen molar-refractivity contribution < 1.29 is 14.3 Å². The molecule has 1 aromatic heterocycles. The van der Waals surface area contributed by atoms with E-state index in [2.05, 4.69) is 4.98 Å². The summed E-state index contributed by atoms with van der Waals surface area (Å²) in [4.78, 5) is 29.1. The Kier molecular flexibility index (Phi) is 4.91. The highest BCUT2D eigenvalue weighted by Crippen LogP contribution is 2.24. The molecule has 25 heavy (non-hydrogen) atoms. The number of Topliss-reactive ketones (excluding diaryl/α,β-unsaturated/α-hetero) is 1. The van der Waals surface area contributed by atoms with Crippen molar-refractivity contribution in [3.63, 3.8) is 0 Å². The van der Waals surface area contributed by atoms with E-state index in [0.717, 1.165) is 25.0 Å². The number of hydrogen-bond donors (Lipinski definition) is 0. The minimum absolute atomic E-state index is 0.0969. The number of fused-ring (bicyclic) bond motifs is 1. The Morgan fingerprint density at radius 3 is 2.60 bits per heavy atom. The number of hydrogen-bond acceptors (Lipinski definition) is 4. The van der Waals surface area contributed by atoms with Gasteiger partial charge in [-0.2, -0.15) is 0 Å². The summed E-state index contributed by atoms with van der Waals surface area (Å²) >= 11 is 6.08. The monoisotopic (exact) mass is 357 g/mol. The molecule has 0 saturated heterocycles. The zero-order valence-electron chi connectivity index (χ0n) is 14.6. The van der Waals surface area contributed by atoms with Gasteiger partial charge in [-0.1, -0.05) is 23.7 Å². The summed E-state index contributed by atoms with van der Waals surface area (Å²) < 4.78 is 5.36. The van der Waals surface area contributed by atoms with Crippen molar-refractivity contribution in [1.82, 2.24) is 4.98 Å². The number of esters is 1. The Bertz CT molecular complexity index is 837. The van der Waals surface area contributed by atoms with Crippen LogP contribution in [0.25, 0.3) is 0 Å². The Hall–Kier alpha value is -2.20. The van der Waals surface area contributed by atoms with Crippen LogP contribution in [-0.2, 0) is 17.6 Å². The summed E-state index contributed by atoms with van der Waals surface area (Å²) in [6, 6.07) is 7.48. The number of rotatable bonds is 4. The van der Waals surface area contributed by atoms with Crippen LogP contribution in [-0.4, -0.2) is 22.8 Å². The average Bonchev–Trinajstić information content (AvgIpc) is 3.00. The fourth-order valence-electron chi connectivity index (χ4n) is 3.27. The molecule has 0 radical (unpaired) electrons. The third kappa shape index (κ3) is 3.59. The molecule has 3 rings (SSSR count). The molecular weight excluding hydrogens is 338 g/mol. The Morgan fingerprint density at radius 2 is 1.88 bits per heavy atom. The molecule has 5 heteroatoms. The maximum atomic E-state index is 12.6. The lowest BCUT2D eigenvalue weighted by atomic mass is 10.0. The summed E-state index contributed by atoms with van der Waals surface area (Å²) in [6.45, 7) is 5.15. The molecule has 1 heterocycles. The van der Waals surface area contributed by atoms with E-state index in [4.69, 9.17) is 16.3 Å². The number of pyridine rings is 1. The lowest BCUT2D eigenvalue weighted by Gasteiger charge is -2.15. The predicted molar refractivity (Wildman–Crippen MR) is 96.4 cm³/mol. The third-order valence-corrected chi connectivity index (χ3v) is 4.81. The van der Waals surface area contributed by atoms with Gasteiger partial charge in [0.1, 0.15) is 5.15 Å². The molecule has 0 unspecified atom stereocenters. The standard InChI is InChI=1S/C20H20ClNO3/c1-11-9-12(2)22-19(21)17(11)20(24)25-13(3)18(23)16-8-7-14-5-4-6-15(14)10-16/h7-10,13H,4-6H2,1-3H3/t13-/m0/s1. The molecule has 1 aromatic carbocycles. The van der Waals surface area contributed by atoms with Gasteiger partial charge in [0.25, 0.3) is 0 Å². The number of benzene rings is 1. The lowest BCUT2D eigenvalue weighted by molar-refractivity contribution is 0.0318. The Morgan fingerprint density at radius 1 is 1.16 bits per heavy atom. The van der Waals surface area contributed by atoms with Gasteiger partial charge in [0, 0.05) is 11.3 Å². The molecule has 0 aliphatic heterocycles. The quantitative estimate of drug-likeness (QED) is 0.466. The first-order valence-electron chi connectivity index (χ1n) is 8.37. The average molecular weight is 358 g/mol. The highest BCUT2D eigenvalue weighted by Gasteiger charge is 2.24. The maximum Gasteiger partial charge on any atom is 0.342 e. The van der Waals surface area contributed by atoms with Crippen LogP contribution in [0.4, 0.5) is 0 Å². The van der Waals surface area contributed by atoms with Gasteiger partial charge in [-0.15, -0.1) is 0 Å². The van der Waals surface area contributed by atoms with Gasteiger partial charge in [0.2, 0.25) is 5.78 Å². The summed E-state index contributed by atoms with van der Waals surface area (Å²) in [7, 11) is 0. The number of aryl methyl sites for hydroxylation is 4. The van der Waals surface area contributed by atoms with Gasteiger partial charge in [0.05, 0.1) is 5.56 Å². The number of ketones is 1. The molecule has 4 nitrogen and oxygen atoms in total. The van der Waals surface area contributed by atoms with Crippen LogP contribution in [0.1, 0.15) is 56.4 Å². The molecule has 0 saturated carbocycles. The third-order valence-electron chi connectivity index (χ3n) is 4.54. The van der Waals surface area contributed by atoms with Crippen LogP contribution in [0.15, 0.2) is 24.3 Å². The maximum absolute atomic E-state index is 12.6. The van der Waals surface area contributed by atoms with E-state index in [1.165, 1.54) is 11.1 Å². The molecule has 0 fully saturated rings. The molecule has 130 valence electrons. The molecule has 1 aliphatic carbocycles. The highest BCUT2D eigenvalue weighted by atomic mass is 35.5. The minimum Gasteiger partial charge on any atom is -0.451 e. The second kappa shape index (κ2) is 6.96. The lowest BCUT2D eigenvalue weighted by Crippen LogP contribution is -2.25. The minimum atomic E-state index is -0.885. The number of carbonyl (C=O) groups excluding carboxylic acids is 2. The molecule has 0 amide bonds. The van der Waals surface area contributed by atoms with Gasteiger partial charge in [-0.05, 0) is 68.9 Å². The van der Waals surface area contributed by atoms with E-state index >= 15 is 0 Å². The van der Waals surface area contributed by atoms with Crippen LogP contribution >= 0.6 is 11.6 Å². The van der Waals surface area contributed by atoms with Crippen molar-refractivity contribution in [2.45, 2.75) is 46.1 Å². The van der Waals surface area contributed by atoms with E-state index in [1.807, 2.05) is 18.2 Å². The number of carbonyl (C=O) groups is 2. The van der Waals surface area contributed by atoms with Gasteiger partial charge < -0.3 is 4.74 Å². The van der Waals surface area contributed by atoms with E-state index in [1.54, 1.807) is 26.8 Å². The zero-order chi connectivity index (χ0) is 18.1. The summed E-state index contributed by atoms with van der Waals surface area (Å²) in [6.07, 6.45) is 2.29. The van der Waals surface area contributed by atoms with Gasteiger partial charge in [-0.3, -0.25) is 4.79 Å². The SMILES string of the molecule is Cc1cc(C)c(C(=O)O[C@@H](C)C(=O)c2ccc3c(c2)CCC3)c(Cl)n1. The van der Waals surface area contributed by atoms with E-state index < -0.39 is 12.1 Å². The van der Waals surface area contributed by atoms with E-state index in [0.29, 0.717) is 11.1 Å². The van der Waals surface area contributed by atoms with Crippen molar-refractivity contribution >= 4 is 23.4 Å². The van der Waals surface area contributed by atoms with E-state index in [-0.39, 0.29) is 16.5 Å². The van der Waals surface area contributed by atoms with Crippen molar-refractivity contribution in [2.24, 2.45) is 0 Å². The number of nitrogens with zero attached hydrogens (tertiary/aromatic N) is 1. The van der Waals surface area contributed by atoms with Crippen molar-refractivity contribution in [2.75, 3.05) is 0 Å². The summed E-state index contributed by atoms with van der Waals surface area (Å²) in [5, 5.41) is 0.0969. The van der Waals surface area contributed by atoms with Gasteiger partial charge in [0.15, 0.2) is 6.10 Å². The molecule has 0 N–H and O–H groups in total. The Labute approximate surface area is 152 Å². The summed E-state index contributed by atoms with van der Waals surface area (Å²) in [5.41, 5.74) is 4.70. The smallest absolute Gasteiger partial charge is 0.342 e. The first kappa shape index (κ1) is 17.6. The van der Waals surface area contributed by atoms with E-state index in [9.17, 15) is 9.59 Å². The predicted octanol–water partition coefficient (Wildman–Crippen LogP) is 4.27. The molecule has 0 bridgehead atoms. The van der Waals surface area contributed by atoms with Crippen LogP contribution in [0.3, 0.4) is 0 Å². The molecule has 1 aliphatic rings. The van der Waals surface area contributed by atoms with Crippen LogP contribution in [0.2, 0.25) is 5.15 Å². The van der Waals surface area contributed by atoms with Crippen LogP contribution < -0.4 is 0 Å². The summed E-state index contributed by atoms with van der Waals surface area (Å²) in [5.74, 6) is -0.839. The normalized spacial score (nSPS) is 14.1. The number of halogens is 1. The molecule has 1 atom stereocenters. The second-order valence-corrected chi connectivity index (χ2v) is 6.85. The second-order valence-electron chi connectivity index (χ2n) is 6.50. The number of aromatic nitrogens is 1. The van der Waals surface area contributed by atoms with Gasteiger partial charge in [-0.25, -0.2) is 9.78 Å². The molecule has 0 spiro atoms. The van der Waals surface area contributed by atoms with Gasteiger partial charge >= 0.3 is 5.97 Å². The first-order chi connectivity index (χ1) is 11.9. The van der Waals surface area contributed by atoms with Crippen LogP contribution in [0.5, 0.6) is 0 Å². The molecule has 2 aromatic rings.